The van der Waals surface area contributed by atoms with Gasteiger partial charge in [0.2, 0.25) is 0 Å². The Bertz CT molecular complexity index is 457. The van der Waals surface area contributed by atoms with E-state index in [4.69, 9.17) is 0 Å². The van der Waals surface area contributed by atoms with Crippen LogP contribution in [0.2, 0.25) is 0 Å². The number of nitrogens with one attached hydrogen (secondary N) is 1. The van der Waals surface area contributed by atoms with Gasteiger partial charge in [-0.3, -0.25) is 0 Å². The summed E-state index contributed by atoms with van der Waals surface area (Å²) in [5, 5.41) is 3.90. The Morgan fingerprint density at radius 1 is 1.26 bits per heavy atom. The highest BCUT2D eigenvalue weighted by molar-refractivity contribution is 8.00. The summed E-state index contributed by atoms with van der Waals surface area (Å²) < 4.78 is 0.521. The first-order valence-corrected chi connectivity index (χ1v) is 8.65. The van der Waals surface area contributed by atoms with Gasteiger partial charge in [0.15, 0.2) is 0 Å². The highest BCUT2D eigenvalue weighted by atomic mass is 32.2. The first-order valence-electron chi connectivity index (χ1n) is 7.43. The van der Waals surface area contributed by atoms with E-state index in [0.29, 0.717) is 16.2 Å². The first-order chi connectivity index (χ1) is 9.06. The van der Waals surface area contributed by atoms with Crippen LogP contribution in [0.15, 0.2) is 24.3 Å². The minimum atomic E-state index is 0.340. The van der Waals surface area contributed by atoms with Gasteiger partial charge >= 0.3 is 0 Å². The minimum absolute atomic E-state index is 0.340. The maximum atomic E-state index is 3.90. The van der Waals surface area contributed by atoms with Gasteiger partial charge in [0.1, 0.15) is 0 Å². The molecule has 2 heteroatoms. The van der Waals surface area contributed by atoms with E-state index < -0.39 is 0 Å². The molecular weight excluding hydrogens is 250 g/mol. The van der Waals surface area contributed by atoms with Crippen LogP contribution >= 0.6 is 11.8 Å². The quantitative estimate of drug-likeness (QED) is 0.884. The molecule has 19 heavy (non-hydrogen) atoms. The molecule has 1 aromatic rings. The third-order valence-electron chi connectivity index (χ3n) is 5.12. The molecule has 0 saturated heterocycles. The normalized spacial score (nSPS) is 26.8. The summed E-state index contributed by atoms with van der Waals surface area (Å²) in [5.41, 5.74) is 3.41. The molecule has 1 aromatic carbocycles. The van der Waals surface area contributed by atoms with Gasteiger partial charge in [0, 0.05) is 17.3 Å². The predicted molar refractivity (Wildman–Crippen MR) is 84.8 cm³/mol. The lowest BCUT2D eigenvalue weighted by atomic mass is 9.82. The molecule has 0 heterocycles. The van der Waals surface area contributed by atoms with Crippen LogP contribution in [0.4, 0.5) is 0 Å². The second-order valence-electron chi connectivity index (χ2n) is 6.92. The molecule has 0 amide bonds. The van der Waals surface area contributed by atoms with Crippen molar-refractivity contribution in [2.24, 2.45) is 5.41 Å². The fourth-order valence-corrected chi connectivity index (χ4v) is 4.61. The van der Waals surface area contributed by atoms with Gasteiger partial charge in [0.05, 0.1) is 0 Å². The van der Waals surface area contributed by atoms with E-state index in [9.17, 15) is 0 Å². The van der Waals surface area contributed by atoms with E-state index in [0.717, 1.165) is 6.54 Å². The maximum Gasteiger partial charge on any atom is 0.0378 e. The molecule has 0 spiro atoms. The Balaban J connectivity index is 1.76. The molecular formula is C17H25NS. The average molecular weight is 275 g/mol. The smallest absolute Gasteiger partial charge is 0.0378 e. The maximum absolute atomic E-state index is 3.90. The Morgan fingerprint density at radius 2 is 2.00 bits per heavy atom. The highest BCUT2D eigenvalue weighted by Gasteiger charge is 2.41. The van der Waals surface area contributed by atoms with Gasteiger partial charge < -0.3 is 5.32 Å². The monoisotopic (exact) mass is 275 g/mol. The Hall–Kier alpha value is -0.470. The van der Waals surface area contributed by atoms with Crippen LogP contribution in [0, 0.1) is 5.41 Å². The van der Waals surface area contributed by atoms with E-state index in [1.807, 2.05) is 0 Å². The van der Waals surface area contributed by atoms with Crippen molar-refractivity contribution < 1.29 is 0 Å². The van der Waals surface area contributed by atoms with E-state index in [1.165, 1.54) is 36.8 Å². The van der Waals surface area contributed by atoms with Gasteiger partial charge in [0.25, 0.3) is 0 Å². The zero-order valence-electron chi connectivity index (χ0n) is 12.3. The zero-order chi connectivity index (χ0) is 13.5. The van der Waals surface area contributed by atoms with Crippen LogP contribution in [0.25, 0.3) is 0 Å². The molecule has 1 saturated carbocycles. The predicted octanol–water partition coefficient (Wildman–Crippen LogP) is 4.19. The first kappa shape index (κ1) is 13.5. The Kier molecular flexibility index (Phi) is 3.43. The zero-order valence-corrected chi connectivity index (χ0v) is 13.1. The third kappa shape index (κ3) is 2.34. The largest absolute Gasteiger partial charge is 0.308 e. The van der Waals surface area contributed by atoms with Gasteiger partial charge in [-0.15, -0.1) is 0 Å². The summed E-state index contributed by atoms with van der Waals surface area (Å²) in [5.74, 6) is 0. The van der Waals surface area contributed by atoms with Crippen LogP contribution in [-0.2, 0) is 6.42 Å². The van der Waals surface area contributed by atoms with E-state index in [2.05, 4.69) is 61.4 Å². The van der Waals surface area contributed by atoms with Crippen LogP contribution in [0.1, 0.15) is 50.3 Å². The van der Waals surface area contributed by atoms with Crippen molar-refractivity contribution in [1.82, 2.24) is 5.32 Å². The topological polar surface area (TPSA) is 12.0 Å². The van der Waals surface area contributed by atoms with Crippen LogP contribution in [0.5, 0.6) is 0 Å². The standard InChI is InChI=1S/C17H25NS/c1-16(2)11-13-7-4-5-8-14(13)15(16)18-12-17(19-3)9-6-10-17/h4-5,7-8,15,18H,6,9-12H2,1-3H3. The van der Waals surface area contributed by atoms with Gasteiger partial charge in [-0.25, -0.2) is 0 Å². The van der Waals surface area contributed by atoms with Gasteiger partial charge in [-0.2, -0.15) is 11.8 Å². The SMILES string of the molecule is CSC1(CNC2c3ccccc3CC2(C)C)CCC1. The summed E-state index contributed by atoms with van der Waals surface area (Å²) in [6, 6.07) is 9.49. The molecule has 1 unspecified atom stereocenters. The van der Waals surface area contributed by atoms with Crippen molar-refractivity contribution in [2.45, 2.75) is 50.3 Å². The number of fused-ring (bicyclic) bond motifs is 1. The van der Waals surface area contributed by atoms with Crippen molar-refractivity contribution in [3.63, 3.8) is 0 Å². The minimum Gasteiger partial charge on any atom is -0.308 e. The summed E-state index contributed by atoms with van der Waals surface area (Å²) in [6.45, 7) is 5.96. The molecule has 0 aliphatic heterocycles. The summed E-state index contributed by atoms with van der Waals surface area (Å²) in [4.78, 5) is 0. The molecule has 1 N–H and O–H groups in total. The van der Waals surface area contributed by atoms with Crippen molar-refractivity contribution in [3.05, 3.63) is 35.4 Å². The van der Waals surface area contributed by atoms with Crippen molar-refractivity contribution in [3.8, 4) is 0 Å². The molecule has 104 valence electrons. The molecule has 3 rings (SSSR count). The number of thioether (sulfide) groups is 1. The van der Waals surface area contributed by atoms with Crippen LogP contribution < -0.4 is 5.32 Å². The molecule has 0 bridgehead atoms. The van der Waals surface area contributed by atoms with E-state index in [-0.39, 0.29) is 0 Å². The van der Waals surface area contributed by atoms with Gasteiger partial charge in [-0.05, 0) is 42.1 Å². The number of hydrogen-bond donors (Lipinski definition) is 1. The van der Waals surface area contributed by atoms with Crippen molar-refractivity contribution in [2.75, 3.05) is 12.8 Å². The number of hydrogen-bond acceptors (Lipinski definition) is 2. The summed E-state index contributed by atoms with van der Waals surface area (Å²) in [6.07, 6.45) is 7.65. The van der Waals surface area contributed by atoms with E-state index in [1.54, 1.807) is 0 Å². The third-order valence-corrected chi connectivity index (χ3v) is 6.54. The molecule has 2 aliphatic rings. The summed E-state index contributed by atoms with van der Waals surface area (Å²) in [7, 11) is 0. The van der Waals surface area contributed by atoms with Crippen LogP contribution in [-0.4, -0.2) is 17.5 Å². The van der Waals surface area contributed by atoms with Crippen LogP contribution in [0.3, 0.4) is 0 Å². The fourth-order valence-electron chi connectivity index (χ4n) is 3.69. The highest BCUT2D eigenvalue weighted by Crippen LogP contribution is 2.47. The molecule has 0 aromatic heterocycles. The molecule has 1 nitrogen and oxygen atoms in total. The summed E-state index contributed by atoms with van der Waals surface area (Å²) >= 11 is 2.06. The molecule has 0 radical (unpaired) electrons. The Morgan fingerprint density at radius 3 is 2.63 bits per heavy atom. The van der Waals surface area contributed by atoms with E-state index >= 15 is 0 Å². The van der Waals surface area contributed by atoms with Crippen molar-refractivity contribution >= 4 is 11.8 Å². The lowest BCUT2D eigenvalue weighted by Crippen LogP contribution is -2.46. The number of rotatable bonds is 4. The lowest BCUT2D eigenvalue weighted by Gasteiger charge is -2.42. The molecule has 1 fully saturated rings. The second-order valence-corrected chi connectivity index (χ2v) is 8.19. The average Bonchev–Trinajstić information content (AvgIpc) is 2.59. The molecule has 2 aliphatic carbocycles. The molecule has 1 atom stereocenters. The fraction of sp³-hybridized carbons (Fsp3) is 0.647. The van der Waals surface area contributed by atoms with Crippen molar-refractivity contribution in [1.29, 1.82) is 0 Å². The second kappa shape index (κ2) is 4.82. The lowest BCUT2D eigenvalue weighted by molar-refractivity contribution is 0.243. The Labute approximate surface area is 121 Å². The van der Waals surface area contributed by atoms with Gasteiger partial charge in [-0.1, -0.05) is 44.5 Å². The number of benzene rings is 1.